The molecule has 2 N–H and O–H groups in total. The number of carbonyl (C=O) groups excluding carboxylic acids is 1. The molecule has 0 radical (unpaired) electrons. The van der Waals surface area contributed by atoms with Crippen LogP contribution in [0.3, 0.4) is 0 Å². The number of hydrogen-bond donors (Lipinski definition) is 2. The van der Waals surface area contributed by atoms with Gasteiger partial charge in [0.05, 0.1) is 17.8 Å². The van der Waals surface area contributed by atoms with Crippen LogP contribution in [-0.2, 0) is 9.53 Å². The first-order chi connectivity index (χ1) is 17.1. The zero-order chi connectivity index (χ0) is 25.9. The Kier molecular flexibility index (Phi) is 7.51. The van der Waals surface area contributed by atoms with Gasteiger partial charge in [-0.1, -0.05) is 0 Å². The second kappa shape index (κ2) is 10.6. The number of hydrogen-bond acceptors (Lipinski definition) is 8. The number of carbonyl (C=O) groups is 1. The highest BCUT2D eigenvalue weighted by Crippen LogP contribution is 2.27. The van der Waals surface area contributed by atoms with Gasteiger partial charge in [-0.25, -0.2) is 13.5 Å². The summed E-state index contributed by atoms with van der Waals surface area (Å²) in [5.74, 6) is -1.45. The molecule has 0 saturated carbocycles. The number of piperazine rings is 1. The van der Waals surface area contributed by atoms with Gasteiger partial charge in [0, 0.05) is 50.5 Å². The predicted molar refractivity (Wildman–Crippen MR) is 132 cm³/mol. The lowest BCUT2D eigenvalue weighted by Gasteiger charge is -2.45. The number of esters is 1. The fourth-order valence-electron chi connectivity index (χ4n) is 4.26. The van der Waals surface area contributed by atoms with Crippen molar-refractivity contribution < 1.29 is 23.4 Å². The molecule has 3 aromatic rings. The number of ether oxygens (including phenoxy) is 1. The van der Waals surface area contributed by atoms with Crippen molar-refractivity contribution in [1.29, 1.82) is 0 Å². The summed E-state index contributed by atoms with van der Waals surface area (Å²) in [6.07, 6.45) is 1.39. The van der Waals surface area contributed by atoms with Crippen LogP contribution in [0.2, 0.25) is 0 Å². The zero-order valence-corrected chi connectivity index (χ0v) is 20.5. The first-order valence-corrected chi connectivity index (χ1v) is 11.7. The molecule has 2 heterocycles. The molecule has 1 aliphatic heterocycles. The Morgan fingerprint density at radius 1 is 1.08 bits per heavy atom. The molecular formula is C25H30F2N6O3. The summed E-state index contributed by atoms with van der Waals surface area (Å²) < 4.78 is 33.6. The van der Waals surface area contributed by atoms with E-state index in [1.165, 1.54) is 30.1 Å². The van der Waals surface area contributed by atoms with Crippen molar-refractivity contribution in [1.82, 2.24) is 19.7 Å². The number of aliphatic hydroxyl groups is 1. The van der Waals surface area contributed by atoms with Gasteiger partial charge >= 0.3 is 5.97 Å². The Bertz CT molecular complexity index is 1210. The number of aryl methyl sites for hydroxylation is 1. The van der Waals surface area contributed by atoms with E-state index >= 15 is 0 Å². The van der Waals surface area contributed by atoms with Crippen molar-refractivity contribution in [2.75, 3.05) is 49.6 Å². The van der Waals surface area contributed by atoms with E-state index in [0.717, 1.165) is 36.1 Å². The molecule has 0 amide bonds. The van der Waals surface area contributed by atoms with Crippen molar-refractivity contribution >= 4 is 23.3 Å². The Morgan fingerprint density at radius 3 is 2.42 bits per heavy atom. The highest BCUT2D eigenvalue weighted by atomic mass is 19.1. The number of rotatable bonds is 8. The fourth-order valence-corrected chi connectivity index (χ4v) is 4.26. The van der Waals surface area contributed by atoms with Crippen molar-refractivity contribution in [3.05, 3.63) is 59.9 Å². The Hall–Kier alpha value is -3.57. The third kappa shape index (κ3) is 5.97. The minimum absolute atomic E-state index is 0.110. The van der Waals surface area contributed by atoms with Crippen LogP contribution in [0.15, 0.2) is 42.7 Å². The smallest absolute Gasteiger partial charge is 0.302 e. The number of halogens is 2. The lowest BCUT2D eigenvalue weighted by atomic mass is 10.0. The van der Waals surface area contributed by atoms with E-state index in [-0.39, 0.29) is 24.9 Å². The number of nitrogens with zero attached hydrogens (tertiary/aromatic N) is 5. The molecule has 1 aliphatic rings. The number of anilines is 3. The summed E-state index contributed by atoms with van der Waals surface area (Å²) in [4.78, 5) is 19.9. The standard InChI is InChI=1S/C25H30F2N6O3/c1-17-8-21(29-24-28-16-33(30-24)23-11-19(26)10-20(27)12-23)13-22(9-17)31-4-6-32(7-5-31)25(3,14-34)15-36-18(2)35/h8-13,16,34H,4-7,14-15H2,1-3H3,(H,29,30). The molecule has 11 heteroatoms. The van der Waals surface area contributed by atoms with E-state index in [1.54, 1.807) is 0 Å². The molecule has 0 aliphatic carbocycles. The minimum Gasteiger partial charge on any atom is -0.464 e. The SMILES string of the molecule is CC(=O)OCC(C)(CO)N1CCN(c2cc(C)cc(Nc3ncn(-c4cc(F)cc(F)c4)n3)c2)CC1. The average molecular weight is 501 g/mol. The largest absolute Gasteiger partial charge is 0.464 e. The molecule has 0 spiro atoms. The normalized spacial score (nSPS) is 16.0. The van der Waals surface area contributed by atoms with E-state index in [0.29, 0.717) is 19.0 Å². The summed E-state index contributed by atoms with van der Waals surface area (Å²) in [6, 6.07) is 9.21. The highest BCUT2D eigenvalue weighted by Gasteiger charge is 2.35. The van der Waals surface area contributed by atoms with Gasteiger partial charge in [0.15, 0.2) is 0 Å². The second-order valence-electron chi connectivity index (χ2n) is 9.23. The van der Waals surface area contributed by atoms with Crippen molar-refractivity contribution in [2.45, 2.75) is 26.3 Å². The number of benzene rings is 2. The van der Waals surface area contributed by atoms with Crippen LogP contribution >= 0.6 is 0 Å². The quantitative estimate of drug-likeness (QED) is 0.456. The van der Waals surface area contributed by atoms with Crippen LogP contribution in [0.25, 0.3) is 5.69 Å². The van der Waals surface area contributed by atoms with Gasteiger partial charge in [-0.15, -0.1) is 5.10 Å². The third-order valence-corrected chi connectivity index (χ3v) is 6.26. The topological polar surface area (TPSA) is 95.8 Å². The Labute approximate surface area is 208 Å². The zero-order valence-electron chi connectivity index (χ0n) is 20.5. The van der Waals surface area contributed by atoms with Gasteiger partial charge in [-0.05, 0) is 49.7 Å². The summed E-state index contributed by atoms with van der Waals surface area (Å²) in [5.41, 5.74) is 2.45. The molecule has 192 valence electrons. The van der Waals surface area contributed by atoms with Crippen molar-refractivity contribution in [3.63, 3.8) is 0 Å². The summed E-state index contributed by atoms with van der Waals surface area (Å²) in [7, 11) is 0. The Morgan fingerprint density at radius 2 is 1.78 bits per heavy atom. The third-order valence-electron chi connectivity index (χ3n) is 6.26. The van der Waals surface area contributed by atoms with Crippen LogP contribution < -0.4 is 10.2 Å². The Balaban J connectivity index is 1.44. The van der Waals surface area contributed by atoms with Gasteiger partial charge < -0.3 is 20.1 Å². The number of aromatic nitrogens is 3. The van der Waals surface area contributed by atoms with Gasteiger partial charge in [0.1, 0.15) is 24.6 Å². The molecular weight excluding hydrogens is 470 g/mol. The second-order valence-corrected chi connectivity index (χ2v) is 9.23. The summed E-state index contributed by atoms with van der Waals surface area (Å²) >= 11 is 0. The van der Waals surface area contributed by atoms with E-state index in [1.807, 2.05) is 26.0 Å². The van der Waals surface area contributed by atoms with Crippen LogP contribution in [0.4, 0.5) is 26.1 Å². The molecule has 0 bridgehead atoms. The maximum atomic E-state index is 13.6. The van der Waals surface area contributed by atoms with Crippen LogP contribution in [0, 0.1) is 18.6 Å². The molecule has 4 rings (SSSR count). The van der Waals surface area contributed by atoms with Gasteiger partial charge in [0.2, 0.25) is 5.95 Å². The lowest BCUT2D eigenvalue weighted by molar-refractivity contribution is -0.146. The molecule has 1 unspecified atom stereocenters. The average Bonchev–Trinajstić information content (AvgIpc) is 3.30. The molecule has 2 aromatic carbocycles. The van der Waals surface area contributed by atoms with Gasteiger partial charge in [-0.2, -0.15) is 4.98 Å². The van der Waals surface area contributed by atoms with E-state index in [9.17, 15) is 18.7 Å². The van der Waals surface area contributed by atoms with Crippen molar-refractivity contribution in [3.8, 4) is 5.69 Å². The van der Waals surface area contributed by atoms with E-state index < -0.39 is 17.2 Å². The summed E-state index contributed by atoms with van der Waals surface area (Å²) in [6.45, 7) is 8.14. The predicted octanol–water partition coefficient (Wildman–Crippen LogP) is 3.03. The van der Waals surface area contributed by atoms with Crippen molar-refractivity contribution in [2.24, 2.45) is 0 Å². The molecule has 1 atom stereocenters. The maximum Gasteiger partial charge on any atom is 0.302 e. The number of aliphatic hydroxyl groups excluding tert-OH is 1. The minimum atomic E-state index is -0.691. The first kappa shape index (κ1) is 25.5. The van der Waals surface area contributed by atoms with Crippen LogP contribution in [0.5, 0.6) is 0 Å². The van der Waals surface area contributed by atoms with Gasteiger partial charge in [0.25, 0.3) is 0 Å². The van der Waals surface area contributed by atoms with E-state index in [4.69, 9.17) is 4.74 Å². The molecule has 9 nitrogen and oxygen atoms in total. The van der Waals surface area contributed by atoms with Gasteiger partial charge in [-0.3, -0.25) is 9.69 Å². The number of nitrogens with one attached hydrogen (secondary N) is 1. The molecule has 36 heavy (non-hydrogen) atoms. The monoisotopic (exact) mass is 500 g/mol. The summed E-state index contributed by atoms with van der Waals surface area (Å²) in [5, 5.41) is 17.4. The molecule has 1 aromatic heterocycles. The molecule has 1 fully saturated rings. The fraction of sp³-hybridized carbons (Fsp3) is 0.400. The van der Waals surface area contributed by atoms with E-state index in [2.05, 4.69) is 31.3 Å². The molecule has 1 saturated heterocycles. The maximum absolute atomic E-state index is 13.6. The first-order valence-electron chi connectivity index (χ1n) is 11.7. The highest BCUT2D eigenvalue weighted by molar-refractivity contribution is 5.66. The van der Waals surface area contributed by atoms with Crippen LogP contribution in [-0.4, -0.2) is 75.7 Å². The lowest BCUT2D eigenvalue weighted by Crippen LogP contribution is -2.59. The van der Waals surface area contributed by atoms with Crippen LogP contribution in [0.1, 0.15) is 19.4 Å².